The molecule has 1 aromatic heterocycles. The van der Waals surface area contributed by atoms with Crippen molar-refractivity contribution in [2.24, 2.45) is 4.99 Å². The Morgan fingerprint density at radius 3 is 2.50 bits per heavy atom. The Morgan fingerprint density at radius 1 is 1.15 bits per heavy atom. The highest BCUT2D eigenvalue weighted by Gasteiger charge is 2.13. The van der Waals surface area contributed by atoms with Crippen LogP contribution in [0.5, 0.6) is 0 Å². The average molecular weight is 478 g/mol. The maximum atomic E-state index is 13.6. The Labute approximate surface area is 169 Å². The first-order valence-electron chi connectivity index (χ1n) is 8.41. The summed E-state index contributed by atoms with van der Waals surface area (Å²) in [4.78, 5) is 4.06. The highest BCUT2D eigenvalue weighted by atomic mass is 127. The zero-order valence-corrected chi connectivity index (χ0v) is 17.5. The van der Waals surface area contributed by atoms with Gasteiger partial charge in [0.25, 0.3) is 0 Å². The van der Waals surface area contributed by atoms with Crippen LogP contribution in [0.1, 0.15) is 49.6 Å². The molecule has 5 nitrogen and oxygen atoms in total. The summed E-state index contributed by atoms with van der Waals surface area (Å²) in [5.74, 6) is 0.614. The van der Waals surface area contributed by atoms with Crippen LogP contribution in [-0.2, 0) is 13.1 Å². The molecule has 26 heavy (non-hydrogen) atoms. The van der Waals surface area contributed by atoms with E-state index in [4.69, 9.17) is 4.52 Å². The van der Waals surface area contributed by atoms with Crippen molar-refractivity contribution < 1.29 is 13.3 Å². The minimum Gasteiger partial charge on any atom is -0.359 e. The van der Waals surface area contributed by atoms with E-state index in [0.29, 0.717) is 24.2 Å². The molecule has 2 N–H and O–H groups in total. The van der Waals surface area contributed by atoms with Crippen molar-refractivity contribution in [2.45, 2.75) is 45.7 Å². The molecule has 0 aliphatic carbocycles. The molecule has 144 valence electrons. The molecule has 2 rings (SSSR count). The normalized spacial score (nSPS) is 11.4. The van der Waals surface area contributed by atoms with Gasteiger partial charge in [0, 0.05) is 31.1 Å². The topological polar surface area (TPSA) is 62.5 Å². The van der Waals surface area contributed by atoms with Gasteiger partial charge in [-0.25, -0.2) is 8.78 Å². The molecule has 0 bridgehead atoms. The van der Waals surface area contributed by atoms with Crippen LogP contribution >= 0.6 is 24.0 Å². The van der Waals surface area contributed by atoms with Crippen molar-refractivity contribution in [1.82, 2.24) is 15.8 Å². The maximum absolute atomic E-state index is 13.6. The first-order valence-corrected chi connectivity index (χ1v) is 8.41. The van der Waals surface area contributed by atoms with Crippen molar-refractivity contribution in [3.05, 3.63) is 52.9 Å². The molecule has 0 unspecified atom stereocenters. The summed E-state index contributed by atoms with van der Waals surface area (Å²) in [5, 5.41) is 10.1. The molecule has 0 saturated heterocycles. The van der Waals surface area contributed by atoms with Crippen molar-refractivity contribution in [3.8, 4) is 0 Å². The van der Waals surface area contributed by atoms with Gasteiger partial charge in [-0.05, 0) is 31.0 Å². The van der Waals surface area contributed by atoms with Crippen molar-refractivity contribution in [2.75, 3.05) is 7.05 Å². The Kier molecular flexibility index (Phi) is 9.53. The van der Waals surface area contributed by atoms with E-state index in [1.54, 1.807) is 7.05 Å². The minimum atomic E-state index is -0.475. The lowest BCUT2D eigenvalue weighted by molar-refractivity contribution is 0.368. The molecular weight excluding hydrogens is 453 g/mol. The summed E-state index contributed by atoms with van der Waals surface area (Å²) in [6, 6.07) is 5.29. The molecule has 2 aromatic rings. The van der Waals surface area contributed by atoms with Gasteiger partial charge in [-0.15, -0.1) is 24.0 Å². The van der Waals surface area contributed by atoms with Gasteiger partial charge in [0.1, 0.15) is 11.6 Å². The number of benzene rings is 1. The van der Waals surface area contributed by atoms with Crippen molar-refractivity contribution in [3.63, 3.8) is 0 Å². The van der Waals surface area contributed by atoms with Crippen molar-refractivity contribution in [1.29, 1.82) is 0 Å². The number of nitrogens with one attached hydrogen (secondary N) is 2. The molecule has 1 aromatic carbocycles. The summed E-state index contributed by atoms with van der Waals surface area (Å²) in [6.07, 6.45) is 2.02. The lowest BCUT2D eigenvalue weighted by atomic mass is 9.99. The number of rotatable bonds is 7. The van der Waals surface area contributed by atoms with Crippen molar-refractivity contribution >= 4 is 29.9 Å². The Hall–Kier alpha value is -1.71. The quantitative estimate of drug-likeness (QED) is 0.353. The van der Waals surface area contributed by atoms with E-state index in [1.165, 1.54) is 0 Å². The number of halogens is 3. The minimum absolute atomic E-state index is 0. The van der Waals surface area contributed by atoms with E-state index >= 15 is 0 Å². The molecular formula is C18H25F2IN4O. The highest BCUT2D eigenvalue weighted by Crippen LogP contribution is 2.22. The summed E-state index contributed by atoms with van der Waals surface area (Å²) in [5.41, 5.74) is 1.19. The molecule has 1 heterocycles. The first-order chi connectivity index (χ1) is 12.1. The second-order valence-corrected chi connectivity index (χ2v) is 5.75. The molecule has 0 spiro atoms. The highest BCUT2D eigenvalue weighted by molar-refractivity contribution is 14.0. The van der Waals surface area contributed by atoms with E-state index in [-0.39, 0.29) is 36.1 Å². The molecule has 0 fully saturated rings. The van der Waals surface area contributed by atoms with Gasteiger partial charge in [-0.2, -0.15) is 0 Å². The zero-order valence-electron chi connectivity index (χ0n) is 15.2. The van der Waals surface area contributed by atoms with Crippen LogP contribution < -0.4 is 10.6 Å². The lowest BCUT2D eigenvalue weighted by Crippen LogP contribution is -2.36. The second kappa shape index (κ2) is 11.1. The molecule has 0 radical (unpaired) electrons. The van der Waals surface area contributed by atoms with Crippen LogP contribution in [0.25, 0.3) is 0 Å². The number of hydrogen-bond donors (Lipinski definition) is 2. The summed E-state index contributed by atoms with van der Waals surface area (Å²) < 4.78 is 32.2. The summed E-state index contributed by atoms with van der Waals surface area (Å²) in [6.45, 7) is 4.77. The lowest BCUT2D eigenvalue weighted by Gasteiger charge is -2.11. The van der Waals surface area contributed by atoms with Crippen LogP contribution in [0, 0.1) is 11.6 Å². The van der Waals surface area contributed by atoms with Gasteiger partial charge >= 0.3 is 0 Å². The van der Waals surface area contributed by atoms with E-state index in [1.807, 2.05) is 6.07 Å². The third-order valence-electron chi connectivity index (χ3n) is 4.09. The molecule has 0 amide bonds. The standard InChI is InChI=1S/C18H24F2N4O.HI/c1-4-12(5-2)17-9-15(25-24-17)11-23-18(21-3)22-10-13-8-14(19)6-7-16(13)20;/h6-9,12H,4-5,10-11H2,1-3H3,(H2,21,22,23);1H. The fraction of sp³-hybridized carbons (Fsp3) is 0.444. The predicted octanol–water partition coefficient (Wildman–Crippen LogP) is 4.34. The van der Waals surface area contributed by atoms with Crippen LogP contribution in [0.15, 0.2) is 33.8 Å². The largest absolute Gasteiger partial charge is 0.359 e. The average Bonchev–Trinajstić information content (AvgIpc) is 3.08. The van der Waals surface area contributed by atoms with Crippen LogP contribution in [0.2, 0.25) is 0 Å². The smallest absolute Gasteiger partial charge is 0.191 e. The van der Waals surface area contributed by atoms with Gasteiger partial charge in [0.15, 0.2) is 11.7 Å². The fourth-order valence-electron chi connectivity index (χ4n) is 2.56. The number of guanidine groups is 1. The van der Waals surface area contributed by atoms with Crippen LogP contribution in [0.3, 0.4) is 0 Å². The molecule has 0 saturated carbocycles. The number of aliphatic imine (C=N–C) groups is 1. The first kappa shape index (κ1) is 22.3. The van der Waals surface area contributed by atoms with Gasteiger partial charge in [-0.1, -0.05) is 19.0 Å². The van der Waals surface area contributed by atoms with E-state index in [0.717, 1.165) is 36.7 Å². The van der Waals surface area contributed by atoms with E-state index < -0.39 is 11.6 Å². The van der Waals surface area contributed by atoms with Gasteiger partial charge in [0.2, 0.25) is 0 Å². The Balaban J connectivity index is 0.00000338. The fourth-order valence-corrected chi connectivity index (χ4v) is 2.56. The van der Waals surface area contributed by atoms with E-state index in [9.17, 15) is 8.78 Å². The van der Waals surface area contributed by atoms with Crippen LogP contribution in [-0.4, -0.2) is 18.2 Å². The maximum Gasteiger partial charge on any atom is 0.191 e. The van der Waals surface area contributed by atoms with E-state index in [2.05, 4.69) is 34.6 Å². The summed E-state index contributed by atoms with van der Waals surface area (Å²) >= 11 is 0. The molecule has 8 heteroatoms. The molecule has 0 aliphatic heterocycles. The van der Waals surface area contributed by atoms with Gasteiger partial charge < -0.3 is 15.2 Å². The Bertz CT molecular complexity index is 717. The SMILES string of the molecule is CCC(CC)c1cc(CNC(=NC)NCc2cc(F)ccc2F)on1.I. The predicted molar refractivity (Wildman–Crippen MR) is 109 cm³/mol. The second-order valence-electron chi connectivity index (χ2n) is 5.75. The zero-order chi connectivity index (χ0) is 18.2. The molecule has 0 aliphatic rings. The summed E-state index contributed by atoms with van der Waals surface area (Å²) in [7, 11) is 1.60. The van der Waals surface area contributed by atoms with Gasteiger partial charge in [0.05, 0.1) is 12.2 Å². The number of hydrogen-bond acceptors (Lipinski definition) is 3. The number of aromatic nitrogens is 1. The third kappa shape index (κ3) is 6.22. The van der Waals surface area contributed by atoms with Crippen LogP contribution in [0.4, 0.5) is 8.78 Å². The Morgan fingerprint density at radius 2 is 1.85 bits per heavy atom. The van der Waals surface area contributed by atoms with Gasteiger partial charge in [-0.3, -0.25) is 4.99 Å². The number of nitrogens with zero attached hydrogens (tertiary/aromatic N) is 2. The molecule has 0 atom stereocenters. The third-order valence-corrected chi connectivity index (χ3v) is 4.09. The monoisotopic (exact) mass is 478 g/mol.